The van der Waals surface area contributed by atoms with E-state index < -0.39 is 0 Å². The second-order valence-electron chi connectivity index (χ2n) is 6.92. The highest BCUT2D eigenvalue weighted by Crippen LogP contribution is 2.20. The zero-order valence-electron chi connectivity index (χ0n) is 16.2. The van der Waals surface area contributed by atoms with Crippen LogP contribution in [-0.2, 0) is 0 Å². The topological polar surface area (TPSA) is 52.6 Å². The van der Waals surface area contributed by atoms with Gasteiger partial charge in [-0.3, -0.25) is 4.79 Å². The fraction of sp³-hybridized carbons (Fsp3) is 0.227. The highest BCUT2D eigenvalue weighted by atomic mass is 19.1. The van der Waals surface area contributed by atoms with Gasteiger partial charge in [0.05, 0.1) is 5.56 Å². The molecule has 0 spiro atoms. The van der Waals surface area contributed by atoms with Crippen molar-refractivity contribution in [3.63, 3.8) is 0 Å². The van der Waals surface area contributed by atoms with Gasteiger partial charge >= 0.3 is 0 Å². The minimum atomic E-state index is -0.246. The fourth-order valence-corrected chi connectivity index (χ4v) is 3.37. The Balaban J connectivity index is 1.38. The Kier molecular flexibility index (Phi) is 5.37. The van der Waals surface area contributed by atoms with Crippen LogP contribution in [-0.4, -0.2) is 54.0 Å². The maximum Gasteiger partial charge on any atom is 0.257 e. The maximum atomic E-state index is 13.1. The van der Waals surface area contributed by atoms with Crippen LogP contribution in [0.15, 0.2) is 67.0 Å². The van der Waals surface area contributed by atoms with Crippen molar-refractivity contribution in [1.29, 1.82) is 0 Å². The molecule has 0 bridgehead atoms. The smallest absolute Gasteiger partial charge is 0.257 e. The number of carbonyl (C=O) groups is 1. The van der Waals surface area contributed by atoms with Gasteiger partial charge in [0.1, 0.15) is 5.82 Å². The van der Waals surface area contributed by atoms with Crippen LogP contribution < -0.4 is 9.80 Å². The number of halogens is 1. The SMILES string of the molecule is CN(c1ccccc1)c1ncc(C(=O)N2CCN(c3ccc(F)cc3)CC2)cn1. The summed E-state index contributed by atoms with van der Waals surface area (Å²) in [6, 6.07) is 16.3. The van der Waals surface area contributed by atoms with Crippen LogP contribution in [0.4, 0.5) is 21.7 Å². The first-order valence-electron chi connectivity index (χ1n) is 9.52. The van der Waals surface area contributed by atoms with E-state index in [2.05, 4.69) is 14.9 Å². The van der Waals surface area contributed by atoms with Crippen molar-refractivity contribution in [1.82, 2.24) is 14.9 Å². The van der Waals surface area contributed by atoms with Gasteiger partial charge in [-0.15, -0.1) is 0 Å². The molecule has 1 saturated heterocycles. The van der Waals surface area contributed by atoms with Crippen molar-refractivity contribution in [3.8, 4) is 0 Å². The number of amides is 1. The molecule has 1 aliphatic rings. The predicted octanol–water partition coefficient (Wildman–Crippen LogP) is 3.35. The Morgan fingerprint density at radius 1 is 0.931 bits per heavy atom. The van der Waals surface area contributed by atoms with E-state index in [1.54, 1.807) is 29.4 Å². The third-order valence-corrected chi connectivity index (χ3v) is 5.09. The molecule has 1 aromatic heterocycles. The molecule has 1 amide bonds. The van der Waals surface area contributed by atoms with E-state index in [0.29, 0.717) is 37.7 Å². The van der Waals surface area contributed by atoms with Crippen LogP contribution >= 0.6 is 0 Å². The van der Waals surface area contributed by atoms with Crippen LogP contribution in [0.2, 0.25) is 0 Å². The summed E-state index contributed by atoms with van der Waals surface area (Å²) in [6.45, 7) is 2.60. The Bertz CT molecular complexity index is 955. The van der Waals surface area contributed by atoms with Crippen molar-refractivity contribution in [2.45, 2.75) is 0 Å². The lowest BCUT2D eigenvalue weighted by Crippen LogP contribution is -2.48. The summed E-state index contributed by atoms with van der Waals surface area (Å²) in [5, 5.41) is 0. The third-order valence-electron chi connectivity index (χ3n) is 5.09. The summed E-state index contributed by atoms with van der Waals surface area (Å²) in [4.78, 5) is 27.4. The van der Waals surface area contributed by atoms with E-state index in [1.165, 1.54) is 12.1 Å². The van der Waals surface area contributed by atoms with Crippen LogP contribution in [0.25, 0.3) is 0 Å². The summed E-state index contributed by atoms with van der Waals surface area (Å²) in [6.07, 6.45) is 3.16. The predicted molar refractivity (Wildman–Crippen MR) is 111 cm³/mol. The average Bonchev–Trinajstić information content (AvgIpc) is 2.79. The monoisotopic (exact) mass is 391 g/mol. The third kappa shape index (κ3) is 4.18. The summed E-state index contributed by atoms with van der Waals surface area (Å²) >= 11 is 0. The highest BCUT2D eigenvalue weighted by molar-refractivity contribution is 5.94. The van der Waals surface area contributed by atoms with Crippen LogP contribution in [0, 0.1) is 5.82 Å². The number of hydrogen-bond acceptors (Lipinski definition) is 5. The molecule has 29 heavy (non-hydrogen) atoms. The molecule has 4 rings (SSSR count). The lowest BCUT2D eigenvalue weighted by Gasteiger charge is -2.36. The van der Waals surface area contributed by atoms with Gasteiger partial charge in [-0.05, 0) is 36.4 Å². The second kappa shape index (κ2) is 8.26. The van der Waals surface area contributed by atoms with Gasteiger partial charge in [-0.25, -0.2) is 14.4 Å². The number of anilines is 3. The van der Waals surface area contributed by atoms with Gasteiger partial charge in [-0.2, -0.15) is 0 Å². The van der Waals surface area contributed by atoms with E-state index in [-0.39, 0.29) is 11.7 Å². The lowest BCUT2D eigenvalue weighted by atomic mass is 10.2. The zero-order chi connectivity index (χ0) is 20.2. The van der Waals surface area contributed by atoms with Gasteiger partial charge in [0, 0.05) is 57.0 Å². The van der Waals surface area contributed by atoms with Crippen LogP contribution in [0.3, 0.4) is 0 Å². The number of nitrogens with zero attached hydrogens (tertiary/aromatic N) is 5. The number of carbonyl (C=O) groups excluding carboxylic acids is 1. The molecule has 148 valence electrons. The highest BCUT2D eigenvalue weighted by Gasteiger charge is 2.23. The number of rotatable bonds is 4. The van der Waals surface area contributed by atoms with Crippen molar-refractivity contribution in [3.05, 3.63) is 78.4 Å². The van der Waals surface area contributed by atoms with Crippen LogP contribution in [0.5, 0.6) is 0 Å². The molecule has 0 aliphatic carbocycles. The summed E-state index contributed by atoms with van der Waals surface area (Å²) in [5.41, 5.74) is 2.42. The first kappa shape index (κ1) is 18.9. The normalized spacial score (nSPS) is 14.0. The largest absolute Gasteiger partial charge is 0.368 e. The standard InChI is InChI=1S/C22H22FN5O/c1-26(19-5-3-2-4-6-19)22-24-15-17(16-25-22)21(29)28-13-11-27(12-14-28)20-9-7-18(23)8-10-20/h2-10,15-16H,11-14H2,1H3. The number of benzene rings is 2. The van der Waals surface area contributed by atoms with E-state index in [1.807, 2.05) is 42.3 Å². The lowest BCUT2D eigenvalue weighted by molar-refractivity contribution is 0.0746. The van der Waals surface area contributed by atoms with Gasteiger partial charge in [0.2, 0.25) is 5.95 Å². The Morgan fingerprint density at radius 3 is 2.17 bits per heavy atom. The minimum Gasteiger partial charge on any atom is -0.368 e. The number of para-hydroxylation sites is 1. The quantitative estimate of drug-likeness (QED) is 0.683. The van der Waals surface area contributed by atoms with Crippen molar-refractivity contribution in [2.24, 2.45) is 0 Å². The molecule has 0 radical (unpaired) electrons. The molecule has 2 aromatic carbocycles. The molecule has 3 aromatic rings. The molecule has 1 aliphatic heterocycles. The molecule has 0 N–H and O–H groups in total. The number of piperazine rings is 1. The Hall–Kier alpha value is -3.48. The molecule has 1 fully saturated rings. The Labute approximate surface area is 169 Å². The second-order valence-corrected chi connectivity index (χ2v) is 6.92. The van der Waals surface area contributed by atoms with Gasteiger partial charge in [-0.1, -0.05) is 18.2 Å². The first-order valence-corrected chi connectivity index (χ1v) is 9.52. The molecular weight excluding hydrogens is 369 g/mol. The summed E-state index contributed by atoms with van der Waals surface area (Å²) in [5.74, 6) is 0.218. The van der Waals surface area contributed by atoms with Crippen LogP contribution in [0.1, 0.15) is 10.4 Å². The van der Waals surface area contributed by atoms with Gasteiger partial charge in [0.15, 0.2) is 0 Å². The van der Waals surface area contributed by atoms with Crippen molar-refractivity contribution in [2.75, 3.05) is 43.0 Å². The zero-order valence-corrected chi connectivity index (χ0v) is 16.2. The minimum absolute atomic E-state index is 0.0716. The Morgan fingerprint density at radius 2 is 1.55 bits per heavy atom. The van der Waals surface area contributed by atoms with Crippen molar-refractivity contribution >= 4 is 23.2 Å². The summed E-state index contributed by atoms with van der Waals surface area (Å²) < 4.78 is 13.1. The number of aromatic nitrogens is 2. The average molecular weight is 391 g/mol. The van der Waals surface area contributed by atoms with Gasteiger partial charge < -0.3 is 14.7 Å². The molecule has 7 heteroatoms. The molecule has 0 saturated carbocycles. The van der Waals surface area contributed by atoms with Gasteiger partial charge in [0.25, 0.3) is 5.91 Å². The summed E-state index contributed by atoms with van der Waals surface area (Å²) in [7, 11) is 1.89. The maximum absolute atomic E-state index is 13.1. The molecular formula is C22H22FN5O. The first-order chi connectivity index (χ1) is 14.1. The fourth-order valence-electron chi connectivity index (χ4n) is 3.37. The molecule has 6 nitrogen and oxygen atoms in total. The number of hydrogen-bond donors (Lipinski definition) is 0. The molecule has 0 unspecified atom stereocenters. The van der Waals surface area contributed by atoms with E-state index >= 15 is 0 Å². The van der Waals surface area contributed by atoms with Crippen molar-refractivity contribution < 1.29 is 9.18 Å². The van der Waals surface area contributed by atoms with E-state index in [4.69, 9.17) is 0 Å². The van der Waals surface area contributed by atoms with E-state index in [9.17, 15) is 9.18 Å². The molecule has 2 heterocycles. The van der Waals surface area contributed by atoms with E-state index in [0.717, 1.165) is 11.4 Å². The molecule has 0 atom stereocenters.